The molecule has 6 atom stereocenters. The van der Waals surface area contributed by atoms with Crippen LogP contribution in [0.15, 0.2) is 24.3 Å². The highest BCUT2D eigenvalue weighted by atomic mass is 16.8. The topological polar surface area (TPSA) is 102 Å². The highest BCUT2D eigenvalue weighted by Crippen LogP contribution is 2.47. The molecule has 4 aliphatic rings. The zero-order valence-corrected chi connectivity index (χ0v) is 17.5. The number of hydrogen-bond acceptors (Lipinski definition) is 7. The van der Waals surface area contributed by atoms with Gasteiger partial charge >= 0.3 is 5.97 Å². The Kier molecular flexibility index (Phi) is 4.63. The number of benzene rings is 1. The molecular weight excluding hydrogens is 400 g/mol. The van der Waals surface area contributed by atoms with E-state index in [2.05, 4.69) is 10.3 Å². The predicted molar refractivity (Wildman–Crippen MR) is 110 cm³/mol. The molecule has 1 spiro atoms. The molecule has 1 saturated carbocycles. The molecule has 6 rings (SSSR count). The average molecular weight is 428 g/mol. The Bertz CT molecular complexity index is 999. The van der Waals surface area contributed by atoms with Crippen molar-refractivity contribution < 1.29 is 28.8 Å². The first-order valence-electron chi connectivity index (χ1n) is 11.2. The molecule has 2 saturated heterocycles. The van der Waals surface area contributed by atoms with E-state index in [1.807, 2.05) is 24.3 Å². The molecule has 0 unspecified atom stereocenters. The lowest BCUT2D eigenvalue weighted by molar-refractivity contribution is -0.248. The van der Waals surface area contributed by atoms with Crippen molar-refractivity contribution in [3.05, 3.63) is 35.5 Å². The lowest BCUT2D eigenvalue weighted by atomic mass is 9.89. The molecule has 166 valence electrons. The number of esters is 1. The number of aromatic nitrogens is 1. The molecule has 1 aliphatic carbocycles. The van der Waals surface area contributed by atoms with Crippen LogP contribution in [0.4, 0.5) is 0 Å². The van der Waals surface area contributed by atoms with Gasteiger partial charge in [-0.2, -0.15) is 0 Å². The molecule has 1 aromatic carbocycles. The third kappa shape index (κ3) is 3.04. The van der Waals surface area contributed by atoms with Crippen LogP contribution in [0.25, 0.3) is 10.9 Å². The number of methoxy groups -OCH3 is 1. The van der Waals surface area contributed by atoms with E-state index in [1.165, 1.54) is 13.5 Å². The number of aromatic amines is 1. The smallest absolute Gasteiger partial charge is 0.323 e. The number of aliphatic hydroxyl groups excluding tert-OH is 1. The lowest BCUT2D eigenvalue weighted by Gasteiger charge is -2.37. The van der Waals surface area contributed by atoms with Gasteiger partial charge in [0.05, 0.1) is 13.2 Å². The van der Waals surface area contributed by atoms with E-state index in [0.717, 1.165) is 47.8 Å². The van der Waals surface area contributed by atoms with Gasteiger partial charge in [-0.05, 0) is 24.5 Å². The zero-order chi connectivity index (χ0) is 21.2. The molecule has 8 nitrogen and oxygen atoms in total. The van der Waals surface area contributed by atoms with Crippen LogP contribution in [0.1, 0.15) is 49.4 Å². The van der Waals surface area contributed by atoms with Crippen LogP contribution in [-0.2, 0) is 30.2 Å². The molecule has 0 bridgehead atoms. The highest BCUT2D eigenvalue weighted by molar-refractivity contribution is 5.87. The van der Waals surface area contributed by atoms with Gasteiger partial charge in [0, 0.05) is 35.9 Å². The Hall–Kier alpha value is -1.97. The summed E-state index contributed by atoms with van der Waals surface area (Å²) in [6.45, 7) is 0. The fourth-order valence-corrected chi connectivity index (χ4v) is 5.79. The first-order chi connectivity index (χ1) is 15.1. The summed E-state index contributed by atoms with van der Waals surface area (Å²) in [5.74, 6) is -0.956. The Morgan fingerprint density at radius 1 is 1.16 bits per heavy atom. The van der Waals surface area contributed by atoms with Crippen LogP contribution in [-0.4, -0.2) is 59.6 Å². The van der Waals surface area contributed by atoms with E-state index in [9.17, 15) is 9.90 Å². The average Bonchev–Trinajstić information content (AvgIpc) is 3.43. The summed E-state index contributed by atoms with van der Waals surface area (Å²) in [4.78, 5) is 15.9. The standard InChI is InChI=1S/C23H28N2O6/c1-28-21(27)15-11-13-12-7-3-4-8-14(12)24-16(13)17(25-15)19-18(26)20-22(29-19)31-23(30-20)9-5-2-6-10-23/h3-4,7-8,15,17-20,22,24-26H,2,5-6,9-11H2,1H3/t15-,17-,18-,19+,20+,22+/m0/s1. The fraction of sp³-hybridized carbons (Fsp3) is 0.609. The minimum atomic E-state index is -0.875. The van der Waals surface area contributed by atoms with Crippen molar-refractivity contribution in [3.63, 3.8) is 0 Å². The van der Waals surface area contributed by atoms with Gasteiger partial charge in [-0.25, -0.2) is 0 Å². The minimum absolute atomic E-state index is 0.331. The van der Waals surface area contributed by atoms with Gasteiger partial charge in [0.15, 0.2) is 12.1 Å². The normalized spacial score (nSPS) is 36.5. The monoisotopic (exact) mass is 428 g/mol. The van der Waals surface area contributed by atoms with E-state index < -0.39 is 42.5 Å². The van der Waals surface area contributed by atoms with Gasteiger partial charge in [-0.1, -0.05) is 24.6 Å². The summed E-state index contributed by atoms with van der Waals surface area (Å²) in [5, 5.41) is 15.6. The second kappa shape index (κ2) is 7.28. The van der Waals surface area contributed by atoms with Crippen LogP contribution in [0.2, 0.25) is 0 Å². The second-order valence-corrected chi connectivity index (χ2v) is 9.12. The molecule has 3 N–H and O–H groups in total. The summed E-state index contributed by atoms with van der Waals surface area (Å²) < 4.78 is 23.7. The molecule has 8 heteroatoms. The molecular formula is C23H28N2O6. The van der Waals surface area contributed by atoms with E-state index in [0.29, 0.717) is 6.42 Å². The van der Waals surface area contributed by atoms with Crippen molar-refractivity contribution in [1.29, 1.82) is 0 Å². The SMILES string of the molecule is COC(=O)[C@@H]1Cc2c([nH]c3ccccc23)[C@@H]([C@H]2O[C@@H]3OC4(CCCCC4)O[C@@H]3[C@H]2O)N1. The van der Waals surface area contributed by atoms with Crippen molar-refractivity contribution in [2.24, 2.45) is 0 Å². The van der Waals surface area contributed by atoms with Crippen molar-refractivity contribution in [3.8, 4) is 0 Å². The molecule has 4 heterocycles. The van der Waals surface area contributed by atoms with Crippen molar-refractivity contribution >= 4 is 16.9 Å². The Morgan fingerprint density at radius 2 is 1.97 bits per heavy atom. The fourth-order valence-electron chi connectivity index (χ4n) is 5.79. The molecule has 0 amide bonds. The quantitative estimate of drug-likeness (QED) is 0.630. The maximum atomic E-state index is 12.4. The lowest BCUT2D eigenvalue weighted by Crippen LogP contribution is -2.52. The summed E-state index contributed by atoms with van der Waals surface area (Å²) >= 11 is 0. The van der Waals surface area contributed by atoms with E-state index in [-0.39, 0.29) is 5.97 Å². The first kappa shape index (κ1) is 19.7. The van der Waals surface area contributed by atoms with Gasteiger partial charge in [0.25, 0.3) is 0 Å². The first-order valence-corrected chi connectivity index (χ1v) is 11.2. The number of carbonyl (C=O) groups excluding carboxylic acids is 1. The Morgan fingerprint density at radius 3 is 2.74 bits per heavy atom. The van der Waals surface area contributed by atoms with Crippen molar-refractivity contribution in [2.75, 3.05) is 7.11 Å². The maximum absolute atomic E-state index is 12.4. The molecule has 31 heavy (non-hydrogen) atoms. The summed E-state index contributed by atoms with van der Waals surface area (Å²) in [6, 6.07) is 7.07. The molecule has 3 aliphatic heterocycles. The summed E-state index contributed by atoms with van der Waals surface area (Å²) in [6.07, 6.45) is 2.84. The largest absolute Gasteiger partial charge is 0.468 e. The number of rotatable bonds is 2. The van der Waals surface area contributed by atoms with Gasteiger partial charge < -0.3 is 29.0 Å². The van der Waals surface area contributed by atoms with E-state index in [1.54, 1.807) is 0 Å². The van der Waals surface area contributed by atoms with Crippen LogP contribution in [0, 0.1) is 0 Å². The van der Waals surface area contributed by atoms with Crippen LogP contribution < -0.4 is 5.32 Å². The maximum Gasteiger partial charge on any atom is 0.323 e. The van der Waals surface area contributed by atoms with E-state index in [4.69, 9.17) is 18.9 Å². The highest BCUT2D eigenvalue weighted by Gasteiger charge is 2.59. The molecule has 0 radical (unpaired) electrons. The van der Waals surface area contributed by atoms with Gasteiger partial charge in [-0.15, -0.1) is 0 Å². The van der Waals surface area contributed by atoms with Crippen LogP contribution in [0.5, 0.6) is 0 Å². The van der Waals surface area contributed by atoms with Crippen molar-refractivity contribution in [1.82, 2.24) is 10.3 Å². The molecule has 3 fully saturated rings. The number of carbonyl (C=O) groups is 1. The number of fused-ring (bicyclic) bond motifs is 4. The van der Waals surface area contributed by atoms with Gasteiger partial charge in [0.2, 0.25) is 0 Å². The van der Waals surface area contributed by atoms with Gasteiger partial charge in [-0.3, -0.25) is 10.1 Å². The third-order valence-corrected chi connectivity index (χ3v) is 7.29. The third-order valence-electron chi connectivity index (χ3n) is 7.29. The predicted octanol–water partition coefficient (Wildman–Crippen LogP) is 2.06. The number of H-pyrrole nitrogens is 1. The Balaban J connectivity index is 1.32. The van der Waals surface area contributed by atoms with Gasteiger partial charge in [0.1, 0.15) is 24.4 Å². The number of ether oxygens (including phenoxy) is 4. The number of para-hydroxylation sites is 1. The Labute approximate surface area is 180 Å². The van der Waals surface area contributed by atoms with Crippen LogP contribution >= 0.6 is 0 Å². The minimum Gasteiger partial charge on any atom is -0.468 e. The zero-order valence-electron chi connectivity index (χ0n) is 17.5. The summed E-state index contributed by atoms with van der Waals surface area (Å²) in [5.41, 5.74) is 2.97. The number of hydrogen-bond donors (Lipinski definition) is 3. The van der Waals surface area contributed by atoms with Crippen LogP contribution in [0.3, 0.4) is 0 Å². The van der Waals surface area contributed by atoms with E-state index >= 15 is 0 Å². The molecule has 2 aromatic rings. The molecule has 1 aromatic heterocycles. The number of nitrogens with one attached hydrogen (secondary N) is 2. The second-order valence-electron chi connectivity index (χ2n) is 9.12. The summed E-state index contributed by atoms with van der Waals surface area (Å²) in [7, 11) is 1.39. The number of aliphatic hydroxyl groups is 1. The van der Waals surface area contributed by atoms with Crippen molar-refractivity contribution in [2.45, 2.75) is 81.0 Å².